The second-order valence-corrected chi connectivity index (χ2v) is 5.29. The molecule has 124 valence electrons. The van der Waals surface area contributed by atoms with Crippen LogP contribution in [0, 0.1) is 5.82 Å². The fraction of sp³-hybridized carbons (Fsp3) is 0.158. The van der Waals surface area contributed by atoms with Gasteiger partial charge in [0.25, 0.3) is 0 Å². The van der Waals surface area contributed by atoms with Crippen molar-refractivity contribution in [3.05, 3.63) is 65.5 Å². The minimum atomic E-state index is -0.571. The smallest absolute Gasteiger partial charge is 0.248 e. The van der Waals surface area contributed by atoms with Crippen LogP contribution in [0.5, 0.6) is 0 Å². The van der Waals surface area contributed by atoms with Crippen molar-refractivity contribution in [1.82, 2.24) is 0 Å². The van der Waals surface area contributed by atoms with E-state index in [4.69, 9.17) is 0 Å². The number of hydrogen-bond donors (Lipinski definition) is 2. The Labute approximate surface area is 140 Å². The van der Waals surface area contributed by atoms with E-state index < -0.39 is 11.7 Å². The third-order valence-electron chi connectivity index (χ3n) is 3.36. The number of aryl methyl sites for hydroxylation is 1. The van der Waals surface area contributed by atoms with Gasteiger partial charge in [0.2, 0.25) is 11.8 Å². The highest BCUT2D eigenvalue weighted by atomic mass is 19.1. The summed E-state index contributed by atoms with van der Waals surface area (Å²) in [6.07, 6.45) is 3.95. The third-order valence-corrected chi connectivity index (χ3v) is 3.36. The molecule has 24 heavy (non-hydrogen) atoms. The van der Waals surface area contributed by atoms with Gasteiger partial charge >= 0.3 is 0 Å². The summed E-state index contributed by atoms with van der Waals surface area (Å²) in [7, 11) is 0. The Hall–Kier alpha value is -2.95. The third kappa shape index (κ3) is 5.05. The first-order valence-electron chi connectivity index (χ1n) is 7.63. The molecule has 2 amide bonds. The number of amides is 2. The Morgan fingerprint density at radius 1 is 1.08 bits per heavy atom. The molecule has 4 nitrogen and oxygen atoms in total. The Kier molecular flexibility index (Phi) is 5.84. The maximum atomic E-state index is 13.8. The van der Waals surface area contributed by atoms with Crippen LogP contribution in [-0.2, 0) is 16.0 Å². The lowest BCUT2D eigenvalue weighted by Gasteiger charge is -2.07. The monoisotopic (exact) mass is 326 g/mol. The molecule has 0 saturated carbocycles. The fourth-order valence-corrected chi connectivity index (χ4v) is 2.11. The molecule has 0 aliphatic carbocycles. The van der Waals surface area contributed by atoms with Gasteiger partial charge < -0.3 is 10.6 Å². The maximum Gasteiger partial charge on any atom is 0.248 e. The van der Waals surface area contributed by atoms with Crippen LogP contribution in [0.2, 0.25) is 0 Å². The fourth-order valence-electron chi connectivity index (χ4n) is 2.11. The zero-order valence-electron chi connectivity index (χ0n) is 13.6. The zero-order valence-corrected chi connectivity index (χ0v) is 13.6. The standard InChI is InChI=1S/C19H19FN2O2/c1-3-14-4-6-15(7-5-14)8-11-19(24)22-18-12-16(21-13(2)23)9-10-17(18)20/h4-12H,3H2,1-2H3,(H,21,23)(H,22,24)/b11-8+. The first-order valence-corrected chi connectivity index (χ1v) is 7.63. The number of benzene rings is 2. The molecule has 2 N–H and O–H groups in total. The van der Waals surface area contributed by atoms with E-state index in [0.29, 0.717) is 5.69 Å². The summed E-state index contributed by atoms with van der Waals surface area (Å²) in [6.45, 7) is 3.43. The van der Waals surface area contributed by atoms with Gasteiger partial charge in [0.1, 0.15) is 5.82 Å². The van der Waals surface area contributed by atoms with E-state index in [2.05, 4.69) is 17.6 Å². The molecule has 2 aromatic carbocycles. The molecule has 0 radical (unpaired) electrons. The number of hydrogen-bond acceptors (Lipinski definition) is 2. The molecule has 0 bridgehead atoms. The van der Waals surface area contributed by atoms with Crippen molar-refractivity contribution in [2.24, 2.45) is 0 Å². The number of carbonyl (C=O) groups excluding carboxylic acids is 2. The first-order chi connectivity index (χ1) is 11.5. The van der Waals surface area contributed by atoms with E-state index in [1.54, 1.807) is 6.08 Å². The van der Waals surface area contributed by atoms with Gasteiger partial charge in [-0.2, -0.15) is 0 Å². The van der Waals surface area contributed by atoms with Gasteiger partial charge in [-0.1, -0.05) is 31.2 Å². The average Bonchev–Trinajstić information content (AvgIpc) is 2.56. The maximum absolute atomic E-state index is 13.8. The van der Waals surface area contributed by atoms with Gasteiger partial charge in [-0.05, 0) is 41.8 Å². The van der Waals surface area contributed by atoms with Gasteiger partial charge in [-0.25, -0.2) is 4.39 Å². The van der Waals surface area contributed by atoms with E-state index in [9.17, 15) is 14.0 Å². The highest BCUT2D eigenvalue weighted by Gasteiger charge is 2.07. The highest BCUT2D eigenvalue weighted by Crippen LogP contribution is 2.19. The van der Waals surface area contributed by atoms with Crippen LogP contribution < -0.4 is 10.6 Å². The minimum Gasteiger partial charge on any atom is -0.326 e. The largest absolute Gasteiger partial charge is 0.326 e. The predicted molar refractivity (Wildman–Crippen MR) is 94.2 cm³/mol. The van der Waals surface area contributed by atoms with Gasteiger partial charge in [0.05, 0.1) is 5.69 Å². The molecular weight excluding hydrogens is 307 g/mol. The normalized spacial score (nSPS) is 10.6. The van der Waals surface area contributed by atoms with E-state index in [1.165, 1.54) is 36.8 Å². The SMILES string of the molecule is CCc1ccc(/C=C/C(=O)Nc2cc(NC(C)=O)ccc2F)cc1. The first kappa shape index (κ1) is 17.4. The summed E-state index contributed by atoms with van der Waals surface area (Å²) in [5, 5.41) is 5.00. The van der Waals surface area contributed by atoms with Crippen molar-refractivity contribution >= 4 is 29.3 Å². The summed E-state index contributed by atoms with van der Waals surface area (Å²) < 4.78 is 13.8. The highest BCUT2D eigenvalue weighted by molar-refractivity contribution is 6.02. The minimum absolute atomic E-state index is 0.0113. The van der Waals surface area contributed by atoms with E-state index in [0.717, 1.165) is 12.0 Å². The second-order valence-electron chi connectivity index (χ2n) is 5.29. The van der Waals surface area contributed by atoms with Crippen molar-refractivity contribution < 1.29 is 14.0 Å². The van der Waals surface area contributed by atoms with Crippen LogP contribution in [0.4, 0.5) is 15.8 Å². The van der Waals surface area contributed by atoms with Crippen LogP contribution in [0.15, 0.2) is 48.5 Å². The molecular formula is C19H19FN2O2. The lowest BCUT2D eigenvalue weighted by atomic mass is 10.1. The number of halogens is 1. The van der Waals surface area contributed by atoms with Gasteiger partial charge in [0.15, 0.2) is 0 Å². The van der Waals surface area contributed by atoms with Crippen LogP contribution in [-0.4, -0.2) is 11.8 Å². The van der Waals surface area contributed by atoms with E-state index in [1.807, 2.05) is 24.3 Å². The van der Waals surface area contributed by atoms with Crippen molar-refractivity contribution in [3.63, 3.8) is 0 Å². The molecule has 0 aliphatic rings. The molecule has 0 unspecified atom stereocenters. The van der Waals surface area contributed by atoms with Crippen molar-refractivity contribution in [3.8, 4) is 0 Å². The van der Waals surface area contributed by atoms with Gasteiger partial charge in [-0.3, -0.25) is 9.59 Å². The number of anilines is 2. The quantitative estimate of drug-likeness (QED) is 0.816. The summed E-state index contributed by atoms with van der Waals surface area (Å²) >= 11 is 0. The van der Waals surface area contributed by atoms with Crippen molar-refractivity contribution in [1.29, 1.82) is 0 Å². The molecule has 0 fully saturated rings. The Morgan fingerprint density at radius 3 is 2.42 bits per heavy atom. The van der Waals surface area contributed by atoms with Crippen LogP contribution in [0.25, 0.3) is 6.08 Å². The molecule has 0 atom stereocenters. The van der Waals surface area contributed by atoms with Crippen LogP contribution in [0.3, 0.4) is 0 Å². The zero-order chi connectivity index (χ0) is 17.5. The van der Waals surface area contributed by atoms with Crippen molar-refractivity contribution in [2.45, 2.75) is 20.3 Å². The molecule has 0 saturated heterocycles. The Bertz CT molecular complexity index is 767. The summed E-state index contributed by atoms with van der Waals surface area (Å²) in [5.41, 5.74) is 2.53. The predicted octanol–water partition coefficient (Wildman–Crippen LogP) is 4.00. The molecule has 2 rings (SSSR count). The average molecular weight is 326 g/mol. The summed E-state index contributed by atoms with van der Waals surface area (Å²) in [6, 6.07) is 11.8. The molecule has 2 aromatic rings. The molecule has 0 aliphatic heterocycles. The number of carbonyl (C=O) groups is 2. The Morgan fingerprint density at radius 2 is 1.79 bits per heavy atom. The van der Waals surface area contributed by atoms with Gasteiger partial charge in [0, 0.05) is 18.7 Å². The topological polar surface area (TPSA) is 58.2 Å². The molecule has 5 heteroatoms. The second kappa shape index (κ2) is 8.06. The van der Waals surface area contributed by atoms with E-state index in [-0.39, 0.29) is 11.6 Å². The lowest BCUT2D eigenvalue weighted by Crippen LogP contribution is -2.11. The van der Waals surface area contributed by atoms with Crippen LogP contribution in [0.1, 0.15) is 25.0 Å². The molecule has 0 aromatic heterocycles. The van der Waals surface area contributed by atoms with Gasteiger partial charge in [-0.15, -0.1) is 0 Å². The summed E-state index contributed by atoms with van der Waals surface area (Å²) in [4.78, 5) is 23.0. The van der Waals surface area contributed by atoms with E-state index >= 15 is 0 Å². The van der Waals surface area contributed by atoms with Crippen LogP contribution >= 0.6 is 0 Å². The van der Waals surface area contributed by atoms with Crippen molar-refractivity contribution in [2.75, 3.05) is 10.6 Å². The lowest BCUT2D eigenvalue weighted by molar-refractivity contribution is -0.114. The Balaban J connectivity index is 2.05. The molecule has 0 spiro atoms. The molecule has 0 heterocycles. The number of nitrogens with one attached hydrogen (secondary N) is 2. The summed E-state index contributed by atoms with van der Waals surface area (Å²) in [5.74, 6) is -1.29. The number of rotatable bonds is 5.